The highest BCUT2D eigenvalue weighted by Crippen LogP contribution is 2.20. The van der Waals surface area contributed by atoms with E-state index in [9.17, 15) is 8.42 Å². The van der Waals surface area contributed by atoms with Crippen LogP contribution in [0, 0.1) is 0 Å². The van der Waals surface area contributed by atoms with Crippen LogP contribution in [-0.2, 0) is 15.6 Å². The minimum atomic E-state index is -3.29. The number of aromatic nitrogens is 1. The Morgan fingerprint density at radius 2 is 1.94 bits per heavy atom. The van der Waals surface area contributed by atoms with Gasteiger partial charge in [-0.25, -0.2) is 8.42 Å². The third-order valence-electron chi connectivity index (χ3n) is 1.99. The third-order valence-corrected chi connectivity index (χ3v) is 4.88. The fraction of sp³-hybridized carbons (Fsp3) is 0.100. The van der Waals surface area contributed by atoms with E-state index < -0.39 is 9.84 Å². The molecule has 0 atom stereocenters. The lowest BCUT2D eigenvalue weighted by atomic mass is 10.4. The van der Waals surface area contributed by atoms with Gasteiger partial charge in [-0.1, -0.05) is 11.6 Å². The first-order chi connectivity index (χ1) is 7.58. The summed E-state index contributed by atoms with van der Waals surface area (Å²) in [6.45, 7) is 0. The van der Waals surface area contributed by atoms with E-state index in [0.29, 0.717) is 5.02 Å². The summed E-state index contributed by atoms with van der Waals surface area (Å²) in [7, 11) is -3.29. The summed E-state index contributed by atoms with van der Waals surface area (Å²) in [5, 5.41) is 0.525. The maximum atomic E-state index is 11.9. The molecule has 0 amide bonds. The molecule has 0 aliphatic carbocycles. The van der Waals surface area contributed by atoms with Gasteiger partial charge >= 0.3 is 0 Å². The van der Waals surface area contributed by atoms with Crippen LogP contribution in [-0.4, -0.2) is 13.4 Å². The fourth-order valence-corrected chi connectivity index (χ4v) is 3.63. The van der Waals surface area contributed by atoms with E-state index in [0.717, 1.165) is 4.88 Å². The Labute approximate surface area is 103 Å². The first-order valence-corrected chi connectivity index (χ1v) is 7.34. The standard InChI is InChI=1S/C10H8ClNO2S2/c11-8-1-3-10(4-2-8)16(13,14)6-9-5-12-7-15-9/h1-5,7H,6H2. The van der Waals surface area contributed by atoms with Crippen LogP contribution in [0.15, 0.2) is 40.9 Å². The van der Waals surface area contributed by atoms with Crippen LogP contribution in [0.25, 0.3) is 0 Å². The van der Waals surface area contributed by atoms with Gasteiger partial charge < -0.3 is 0 Å². The summed E-state index contributed by atoms with van der Waals surface area (Å²) in [6, 6.07) is 6.17. The maximum Gasteiger partial charge on any atom is 0.183 e. The van der Waals surface area contributed by atoms with Gasteiger partial charge in [-0.05, 0) is 24.3 Å². The largest absolute Gasteiger partial charge is 0.253 e. The minimum Gasteiger partial charge on any atom is -0.253 e. The van der Waals surface area contributed by atoms with Crippen LogP contribution in [0.5, 0.6) is 0 Å². The van der Waals surface area contributed by atoms with Gasteiger partial charge in [-0.15, -0.1) is 11.3 Å². The van der Waals surface area contributed by atoms with Crippen LogP contribution in [0.2, 0.25) is 5.02 Å². The Kier molecular flexibility index (Phi) is 3.28. The molecule has 0 aliphatic heterocycles. The zero-order valence-corrected chi connectivity index (χ0v) is 10.5. The van der Waals surface area contributed by atoms with E-state index in [2.05, 4.69) is 4.98 Å². The van der Waals surface area contributed by atoms with Gasteiger partial charge in [-0.3, -0.25) is 4.98 Å². The van der Waals surface area contributed by atoms with Crippen molar-refractivity contribution < 1.29 is 8.42 Å². The van der Waals surface area contributed by atoms with Gasteiger partial charge in [0.25, 0.3) is 0 Å². The molecular formula is C10H8ClNO2S2. The molecule has 3 nitrogen and oxygen atoms in total. The molecule has 2 aromatic rings. The number of rotatable bonds is 3. The van der Waals surface area contributed by atoms with Gasteiger partial charge in [0.05, 0.1) is 16.2 Å². The summed E-state index contributed by atoms with van der Waals surface area (Å²) >= 11 is 7.03. The Morgan fingerprint density at radius 1 is 1.25 bits per heavy atom. The number of benzene rings is 1. The van der Waals surface area contributed by atoms with E-state index in [1.54, 1.807) is 23.8 Å². The first kappa shape index (κ1) is 11.6. The molecule has 1 aromatic carbocycles. The van der Waals surface area contributed by atoms with Crippen molar-refractivity contribution in [2.75, 3.05) is 0 Å². The maximum absolute atomic E-state index is 11.9. The van der Waals surface area contributed by atoms with Gasteiger partial charge in [0.15, 0.2) is 9.84 Å². The van der Waals surface area contributed by atoms with Crippen molar-refractivity contribution in [2.24, 2.45) is 0 Å². The molecule has 1 aromatic heterocycles. The zero-order chi connectivity index (χ0) is 11.6. The SMILES string of the molecule is O=S(=O)(Cc1cncs1)c1ccc(Cl)cc1. The lowest BCUT2D eigenvalue weighted by Gasteiger charge is -2.02. The first-order valence-electron chi connectivity index (χ1n) is 4.43. The molecule has 6 heteroatoms. The van der Waals surface area contributed by atoms with Crippen LogP contribution < -0.4 is 0 Å². The normalized spacial score (nSPS) is 11.6. The second-order valence-electron chi connectivity index (χ2n) is 3.18. The topological polar surface area (TPSA) is 47.0 Å². The van der Waals surface area contributed by atoms with Crippen molar-refractivity contribution in [1.82, 2.24) is 4.98 Å². The van der Waals surface area contributed by atoms with Crippen molar-refractivity contribution in [3.05, 3.63) is 45.9 Å². The molecule has 0 radical (unpaired) electrons. The lowest BCUT2D eigenvalue weighted by Crippen LogP contribution is -2.03. The summed E-state index contributed by atoms with van der Waals surface area (Å²) in [5.74, 6) is -0.0146. The van der Waals surface area contributed by atoms with Crippen molar-refractivity contribution >= 4 is 32.8 Å². The summed E-state index contributed by atoms with van der Waals surface area (Å²) in [6.07, 6.45) is 1.57. The molecule has 0 bridgehead atoms. The van der Waals surface area contributed by atoms with Crippen molar-refractivity contribution in [2.45, 2.75) is 10.6 Å². The van der Waals surface area contributed by atoms with E-state index in [1.165, 1.54) is 23.5 Å². The number of nitrogens with zero attached hydrogens (tertiary/aromatic N) is 1. The van der Waals surface area contributed by atoms with Crippen LogP contribution >= 0.6 is 22.9 Å². The summed E-state index contributed by atoms with van der Waals surface area (Å²) in [5.41, 5.74) is 1.62. The predicted molar refractivity (Wildman–Crippen MR) is 64.5 cm³/mol. The van der Waals surface area contributed by atoms with E-state index in [-0.39, 0.29) is 10.6 Å². The van der Waals surface area contributed by atoms with Crippen LogP contribution in [0.4, 0.5) is 0 Å². The Hall–Kier alpha value is -0.910. The molecule has 16 heavy (non-hydrogen) atoms. The van der Waals surface area contributed by atoms with Crippen molar-refractivity contribution in [3.8, 4) is 0 Å². The highest BCUT2D eigenvalue weighted by atomic mass is 35.5. The molecule has 0 saturated carbocycles. The fourth-order valence-electron chi connectivity index (χ4n) is 1.23. The Morgan fingerprint density at radius 3 is 2.50 bits per heavy atom. The molecule has 1 heterocycles. The molecule has 0 fully saturated rings. The molecule has 2 rings (SSSR count). The smallest absolute Gasteiger partial charge is 0.183 e. The van der Waals surface area contributed by atoms with Gasteiger partial charge in [0.1, 0.15) is 0 Å². The van der Waals surface area contributed by atoms with Gasteiger partial charge in [0, 0.05) is 16.1 Å². The highest BCUT2D eigenvalue weighted by molar-refractivity contribution is 7.90. The van der Waals surface area contributed by atoms with E-state index in [1.807, 2.05) is 0 Å². The van der Waals surface area contributed by atoms with Gasteiger partial charge in [0.2, 0.25) is 0 Å². The van der Waals surface area contributed by atoms with Crippen LogP contribution in [0.3, 0.4) is 0 Å². The van der Waals surface area contributed by atoms with Gasteiger partial charge in [-0.2, -0.15) is 0 Å². The Bertz CT molecular complexity index is 561. The van der Waals surface area contributed by atoms with Crippen LogP contribution in [0.1, 0.15) is 4.88 Å². The quantitative estimate of drug-likeness (QED) is 0.864. The molecule has 84 valence electrons. The van der Waals surface area contributed by atoms with Crippen molar-refractivity contribution in [1.29, 1.82) is 0 Å². The summed E-state index contributed by atoms with van der Waals surface area (Å²) < 4.78 is 23.9. The second kappa shape index (κ2) is 4.53. The molecule has 0 N–H and O–H groups in total. The van der Waals surface area contributed by atoms with Crippen molar-refractivity contribution in [3.63, 3.8) is 0 Å². The van der Waals surface area contributed by atoms with E-state index >= 15 is 0 Å². The number of sulfone groups is 1. The number of hydrogen-bond donors (Lipinski definition) is 0. The number of thiazole rings is 1. The lowest BCUT2D eigenvalue weighted by molar-refractivity contribution is 0.595. The third kappa shape index (κ3) is 2.61. The summed E-state index contributed by atoms with van der Waals surface area (Å²) in [4.78, 5) is 4.86. The zero-order valence-electron chi connectivity index (χ0n) is 8.13. The minimum absolute atomic E-state index is 0.0146. The number of halogens is 1. The Balaban J connectivity index is 2.29. The molecule has 0 saturated heterocycles. The average molecular weight is 274 g/mol. The second-order valence-corrected chi connectivity index (χ2v) is 6.58. The average Bonchev–Trinajstić information content (AvgIpc) is 2.70. The molecule has 0 unspecified atom stereocenters. The monoisotopic (exact) mass is 273 g/mol. The highest BCUT2D eigenvalue weighted by Gasteiger charge is 2.15. The molecular weight excluding hydrogens is 266 g/mol. The van der Waals surface area contributed by atoms with E-state index in [4.69, 9.17) is 11.6 Å². The predicted octanol–water partition coefficient (Wildman–Crippen LogP) is 2.77. The number of hydrogen-bond acceptors (Lipinski definition) is 4. The molecule has 0 spiro atoms. The molecule has 0 aliphatic rings.